The van der Waals surface area contributed by atoms with E-state index in [1.165, 1.54) is 6.21 Å². The lowest BCUT2D eigenvalue weighted by Crippen LogP contribution is -2.21. The lowest BCUT2D eigenvalue weighted by molar-refractivity contribution is -0.110. The highest BCUT2D eigenvalue weighted by atomic mass is 16.3. The quantitative estimate of drug-likeness (QED) is 0.224. The molecule has 0 aliphatic carbocycles. The number of nitrogens with one attached hydrogen (secondary N) is 1. The Morgan fingerprint density at radius 2 is 1.96 bits per heavy atom. The summed E-state index contributed by atoms with van der Waals surface area (Å²) >= 11 is 0. The predicted octanol–water partition coefficient (Wildman–Crippen LogP) is 1.80. The molecule has 0 atom stereocenters. The van der Waals surface area contributed by atoms with E-state index in [0.717, 1.165) is 11.1 Å². The van der Waals surface area contributed by atoms with E-state index >= 15 is 0 Å². The molecule has 0 saturated heterocycles. The number of benzene rings is 2. The number of aromatic hydroxyl groups is 1. The van der Waals surface area contributed by atoms with Crippen LogP contribution in [-0.2, 0) is 4.79 Å². The van der Waals surface area contributed by atoms with Gasteiger partial charge in [0.2, 0.25) is 5.96 Å². The van der Waals surface area contributed by atoms with Gasteiger partial charge in [0.05, 0.1) is 6.21 Å². The van der Waals surface area contributed by atoms with E-state index in [1.807, 2.05) is 24.3 Å². The van der Waals surface area contributed by atoms with Gasteiger partial charge in [-0.3, -0.25) is 4.79 Å². The van der Waals surface area contributed by atoms with Crippen molar-refractivity contribution in [2.45, 2.75) is 6.92 Å². The first-order chi connectivity index (χ1) is 11.9. The van der Waals surface area contributed by atoms with Crippen LogP contribution in [0.3, 0.4) is 0 Å². The molecule has 0 spiro atoms. The van der Waals surface area contributed by atoms with E-state index in [2.05, 4.69) is 15.5 Å². The Labute approximate surface area is 144 Å². The van der Waals surface area contributed by atoms with Crippen LogP contribution in [-0.4, -0.2) is 23.2 Å². The van der Waals surface area contributed by atoms with Gasteiger partial charge in [0, 0.05) is 16.8 Å². The summed E-state index contributed by atoms with van der Waals surface area (Å²) in [5, 5.41) is 20.0. The van der Waals surface area contributed by atoms with Crippen molar-refractivity contribution >= 4 is 35.4 Å². The maximum atomic E-state index is 12.3. The largest absolute Gasteiger partial charge is 0.508 e. The highest BCUT2D eigenvalue weighted by Crippen LogP contribution is 2.37. The zero-order valence-corrected chi connectivity index (χ0v) is 13.5. The van der Waals surface area contributed by atoms with Crippen molar-refractivity contribution in [3.8, 4) is 5.75 Å². The van der Waals surface area contributed by atoms with Crippen molar-refractivity contribution in [2.24, 2.45) is 21.7 Å². The molecule has 0 fully saturated rings. The highest BCUT2D eigenvalue weighted by Gasteiger charge is 2.25. The van der Waals surface area contributed by atoms with Crippen molar-refractivity contribution in [3.63, 3.8) is 0 Å². The SMILES string of the molecule is Cc1cc2c(cc1O)/C(=C\c1cccc(/C=N/N=C(N)N)c1)C(=O)N2. The Morgan fingerprint density at radius 3 is 2.72 bits per heavy atom. The van der Waals surface area contributed by atoms with Crippen LogP contribution < -0.4 is 16.8 Å². The summed E-state index contributed by atoms with van der Waals surface area (Å²) in [6.45, 7) is 1.78. The standard InChI is InChI=1S/C18H17N5O2/c1-10-5-15-13(8-16(10)24)14(17(25)22-15)7-11-3-2-4-12(6-11)9-21-23-18(19)20/h2-9,24H,1H3,(H,22,25)(H4,19,20,23)/b14-7+,21-9+. The molecular weight excluding hydrogens is 318 g/mol. The summed E-state index contributed by atoms with van der Waals surface area (Å²) in [4.78, 5) is 12.3. The van der Waals surface area contributed by atoms with Crippen LogP contribution >= 0.6 is 0 Å². The van der Waals surface area contributed by atoms with Crippen molar-refractivity contribution < 1.29 is 9.90 Å². The van der Waals surface area contributed by atoms with Crippen molar-refractivity contribution in [3.05, 3.63) is 58.7 Å². The molecule has 2 aromatic carbocycles. The third-order valence-corrected chi connectivity index (χ3v) is 3.72. The van der Waals surface area contributed by atoms with E-state index in [1.54, 1.807) is 25.1 Å². The third-order valence-electron chi connectivity index (χ3n) is 3.72. The molecule has 1 aliphatic rings. The Morgan fingerprint density at radius 1 is 1.20 bits per heavy atom. The number of anilines is 1. The van der Waals surface area contributed by atoms with E-state index < -0.39 is 0 Å². The molecular formula is C18H17N5O2. The normalized spacial score (nSPS) is 14.6. The summed E-state index contributed by atoms with van der Waals surface area (Å²) in [7, 11) is 0. The van der Waals surface area contributed by atoms with E-state index in [4.69, 9.17) is 11.5 Å². The van der Waals surface area contributed by atoms with Crippen LogP contribution in [0.25, 0.3) is 11.6 Å². The maximum absolute atomic E-state index is 12.3. The molecule has 6 N–H and O–H groups in total. The van der Waals surface area contributed by atoms with Gasteiger partial charge < -0.3 is 21.9 Å². The lowest BCUT2D eigenvalue weighted by Gasteiger charge is -2.03. The van der Waals surface area contributed by atoms with Crippen LogP contribution in [0.2, 0.25) is 0 Å². The zero-order valence-electron chi connectivity index (χ0n) is 13.5. The molecule has 0 aromatic heterocycles. The minimum absolute atomic E-state index is 0.121. The first-order valence-electron chi connectivity index (χ1n) is 7.53. The molecule has 7 heteroatoms. The van der Waals surface area contributed by atoms with Gasteiger partial charge in [-0.2, -0.15) is 5.10 Å². The van der Waals surface area contributed by atoms with Gasteiger partial charge in [-0.1, -0.05) is 18.2 Å². The molecule has 0 saturated carbocycles. The first kappa shape index (κ1) is 16.3. The fourth-order valence-electron chi connectivity index (χ4n) is 2.54. The fourth-order valence-corrected chi connectivity index (χ4v) is 2.54. The number of carbonyl (C=O) groups is 1. The van der Waals surface area contributed by atoms with Crippen molar-refractivity contribution in [1.29, 1.82) is 0 Å². The first-order valence-corrected chi connectivity index (χ1v) is 7.53. The minimum Gasteiger partial charge on any atom is -0.508 e. The summed E-state index contributed by atoms with van der Waals surface area (Å²) in [5.74, 6) is -0.178. The summed E-state index contributed by atoms with van der Waals surface area (Å²) in [6.07, 6.45) is 3.27. The van der Waals surface area contributed by atoms with Gasteiger partial charge in [-0.25, -0.2) is 0 Å². The Hall–Kier alpha value is -3.61. The van der Waals surface area contributed by atoms with Crippen LogP contribution in [0, 0.1) is 6.92 Å². The molecule has 7 nitrogen and oxygen atoms in total. The number of phenols is 1. The number of nitrogens with zero attached hydrogens (tertiary/aromatic N) is 2. The van der Waals surface area contributed by atoms with E-state index in [-0.39, 0.29) is 17.6 Å². The van der Waals surface area contributed by atoms with E-state index in [9.17, 15) is 9.90 Å². The van der Waals surface area contributed by atoms with Crippen molar-refractivity contribution in [2.75, 3.05) is 5.32 Å². The topological polar surface area (TPSA) is 126 Å². The Balaban J connectivity index is 1.97. The van der Waals surface area contributed by atoms with Crippen LogP contribution in [0.15, 0.2) is 46.6 Å². The number of rotatable bonds is 3. The monoisotopic (exact) mass is 335 g/mol. The van der Waals surface area contributed by atoms with Gasteiger partial charge in [0.1, 0.15) is 5.75 Å². The number of carbonyl (C=O) groups excluding carboxylic acids is 1. The van der Waals surface area contributed by atoms with Gasteiger partial charge in [-0.15, -0.1) is 5.10 Å². The lowest BCUT2D eigenvalue weighted by atomic mass is 10.0. The number of hydrogen-bond acceptors (Lipinski definition) is 4. The molecule has 0 bridgehead atoms. The highest BCUT2D eigenvalue weighted by molar-refractivity contribution is 6.35. The minimum atomic E-state index is -0.209. The van der Waals surface area contributed by atoms with Crippen molar-refractivity contribution in [1.82, 2.24) is 0 Å². The second-order valence-corrected chi connectivity index (χ2v) is 5.64. The van der Waals surface area contributed by atoms with Gasteiger partial charge in [0.25, 0.3) is 5.91 Å². The molecule has 1 aliphatic heterocycles. The van der Waals surface area contributed by atoms with Gasteiger partial charge in [0.15, 0.2) is 0 Å². The smallest absolute Gasteiger partial charge is 0.256 e. The fraction of sp³-hybridized carbons (Fsp3) is 0.0556. The number of aryl methyl sites for hydroxylation is 1. The Bertz CT molecular complexity index is 940. The van der Waals surface area contributed by atoms with Crippen LogP contribution in [0.5, 0.6) is 5.75 Å². The molecule has 0 unspecified atom stereocenters. The molecule has 2 aromatic rings. The number of hydrogen-bond donors (Lipinski definition) is 4. The summed E-state index contributed by atoms with van der Waals surface area (Å²) in [5.41, 5.74) is 14.6. The third kappa shape index (κ3) is 3.50. The molecule has 1 heterocycles. The molecule has 126 valence electrons. The number of amides is 1. The van der Waals surface area contributed by atoms with Crippen LogP contribution in [0.4, 0.5) is 5.69 Å². The average Bonchev–Trinajstić information content (AvgIpc) is 2.83. The number of guanidine groups is 1. The maximum Gasteiger partial charge on any atom is 0.256 e. The zero-order chi connectivity index (χ0) is 18.0. The molecule has 0 radical (unpaired) electrons. The summed E-state index contributed by atoms with van der Waals surface area (Å²) in [6, 6.07) is 10.7. The summed E-state index contributed by atoms with van der Waals surface area (Å²) < 4.78 is 0. The molecule has 1 amide bonds. The number of fused-ring (bicyclic) bond motifs is 1. The second kappa shape index (κ2) is 6.48. The van der Waals surface area contributed by atoms with Gasteiger partial charge in [-0.05, 0) is 47.9 Å². The molecule has 25 heavy (non-hydrogen) atoms. The second-order valence-electron chi connectivity index (χ2n) is 5.64. The molecule has 3 rings (SSSR count). The predicted molar refractivity (Wildman–Crippen MR) is 99.2 cm³/mol. The number of phenolic OH excluding ortho intramolecular Hbond substituents is 1. The number of nitrogens with two attached hydrogens (primary N) is 2. The van der Waals surface area contributed by atoms with E-state index in [0.29, 0.717) is 22.4 Å². The Kier molecular flexibility index (Phi) is 4.21. The van der Waals surface area contributed by atoms with Gasteiger partial charge >= 0.3 is 0 Å². The average molecular weight is 335 g/mol. The van der Waals surface area contributed by atoms with Crippen LogP contribution in [0.1, 0.15) is 22.3 Å².